The fourth-order valence-corrected chi connectivity index (χ4v) is 4.05. The highest BCUT2D eigenvalue weighted by Crippen LogP contribution is 2.27. The molecular formula is C21H29IN4O3S. The van der Waals surface area contributed by atoms with Crippen molar-refractivity contribution < 1.29 is 14.3 Å². The first kappa shape index (κ1) is 24.3. The molecule has 1 aromatic heterocycles. The molecule has 164 valence electrons. The van der Waals surface area contributed by atoms with E-state index in [9.17, 15) is 4.79 Å². The van der Waals surface area contributed by atoms with Crippen LogP contribution in [-0.4, -0.2) is 49.8 Å². The predicted octanol–water partition coefficient (Wildman–Crippen LogP) is 4.07. The SMILES string of the molecule is CCOC(=O)N1CCC(NC(N)=NCc2cc(-c3ccc(OC)cc3)cs2)CC1.I. The number of piperidine rings is 1. The predicted molar refractivity (Wildman–Crippen MR) is 132 cm³/mol. The number of ether oxygens (including phenoxy) is 2. The van der Waals surface area contributed by atoms with Gasteiger partial charge in [-0.2, -0.15) is 0 Å². The van der Waals surface area contributed by atoms with Crippen molar-refractivity contribution in [2.45, 2.75) is 32.4 Å². The molecule has 1 fully saturated rings. The number of carbonyl (C=O) groups is 1. The van der Waals surface area contributed by atoms with Crippen LogP contribution >= 0.6 is 35.3 Å². The third-order valence-electron chi connectivity index (χ3n) is 4.86. The lowest BCUT2D eigenvalue weighted by Crippen LogP contribution is -2.48. The number of methoxy groups -OCH3 is 1. The largest absolute Gasteiger partial charge is 0.497 e. The van der Waals surface area contributed by atoms with Crippen molar-refractivity contribution in [3.63, 3.8) is 0 Å². The summed E-state index contributed by atoms with van der Waals surface area (Å²) in [5.41, 5.74) is 8.39. The summed E-state index contributed by atoms with van der Waals surface area (Å²) in [5, 5.41) is 5.40. The maximum Gasteiger partial charge on any atom is 0.409 e. The van der Waals surface area contributed by atoms with E-state index in [2.05, 4.69) is 21.8 Å². The topological polar surface area (TPSA) is 89.2 Å². The number of hydrogen-bond donors (Lipinski definition) is 2. The molecule has 1 saturated heterocycles. The van der Waals surface area contributed by atoms with Crippen LogP contribution in [0.4, 0.5) is 4.79 Å². The fraction of sp³-hybridized carbons (Fsp3) is 0.429. The molecule has 0 spiro atoms. The number of thiophene rings is 1. The molecule has 1 aliphatic heterocycles. The van der Waals surface area contributed by atoms with Gasteiger partial charge in [-0.25, -0.2) is 9.79 Å². The van der Waals surface area contributed by atoms with Gasteiger partial charge in [0, 0.05) is 24.0 Å². The second-order valence-corrected chi connectivity index (χ2v) is 7.83. The lowest BCUT2D eigenvalue weighted by molar-refractivity contribution is 0.0963. The van der Waals surface area contributed by atoms with Crippen LogP contribution in [0.15, 0.2) is 40.7 Å². The molecule has 0 atom stereocenters. The quantitative estimate of drug-likeness (QED) is 0.325. The summed E-state index contributed by atoms with van der Waals surface area (Å²) < 4.78 is 10.2. The van der Waals surface area contributed by atoms with Gasteiger partial charge in [-0.05, 0) is 54.5 Å². The van der Waals surface area contributed by atoms with Gasteiger partial charge in [-0.3, -0.25) is 0 Å². The Kier molecular flexibility index (Phi) is 9.70. The number of aliphatic imine (C=N–C) groups is 1. The fourth-order valence-electron chi connectivity index (χ4n) is 3.24. The summed E-state index contributed by atoms with van der Waals surface area (Å²) >= 11 is 1.67. The van der Waals surface area contributed by atoms with Crippen LogP contribution in [0.2, 0.25) is 0 Å². The van der Waals surface area contributed by atoms with Crippen molar-refractivity contribution in [2.24, 2.45) is 10.7 Å². The van der Waals surface area contributed by atoms with Crippen molar-refractivity contribution >= 4 is 47.4 Å². The van der Waals surface area contributed by atoms with Gasteiger partial charge < -0.3 is 25.4 Å². The molecule has 0 aliphatic carbocycles. The first-order valence-corrected chi connectivity index (χ1v) is 10.7. The molecule has 0 unspecified atom stereocenters. The third-order valence-corrected chi connectivity index (χ3v) is 5.78. The Morgan fingerprint density at radius 1 is 1.27 bits per heavy atom. The summed E-state index contributed by atoms with van der Waals surface area (Å²) in [7, 11) is 1.66. The van der Waals surface area contributed by atoms with Crippen LogP contribution in [0.5, 0.6) is 5.75 Å². The summed E-state index contributed by atoms with van der Waals surface area (Å²) in [4.78, 5) is 19.1. The number of rotatable bonds is 6. The van der Waals surface area contributed by atoms with E-state index < -0.39 is 0 Å². The van der Waals surface area contributed by atoms with Crippen molar-refractivity contribution in [3.05, 3.63) is 40.6 Å². The maximum atomic E-state index is 11.8. The Labute approximate surface area is 198 Å². The zero-order valence-electron chi connectivity index (χ0n) is 17.3. The number of nitrogens with zero attached hydrogens (tertiary/aromatic N) is 2. The molecule has 0 saturated carbocycles. The molecule has 9 heteroatoms. The highest BCUT2D eigenvalue weighted by Gasteiger charge is 2.23. The average Bonchev–Trinajstić information content (AvgIpc) is 3.22. The molecular weight excluding hydrogens is 515 g/mol. The van der Waals surface area contributed by atoms with E-state index in [1.807, 2.05) is 31.2 Å². The van der Waals surface area contributed by atoms with Gasteiger partial charge in [0.2, 0.25) is 0 Å². The van der Waals surface area contributed by atoms with Crippen molar-refractivity contribution in [2.75, 3.05) is 26.8 Å². The summed E-state index contributed by atoms with van der Waals surface area (Å²) in [6.07, 6.45) is 1.42. The molecule has 1 amide bonds. The molecule has 1 aromatic carbocycles. The standard InChI is InChI=1S/C21H28N4O3S.HI/c1-3-28-21(26)25-10-8-17(9-11-25)24-20(22)23-13-19-12-16(14-29-19)15-4-6-18(27-2)7-5-15;/h4-7,12,14,17H,3,8-11,13H2,1-2H3,(H3,22,23,24);1H. The zero-order chi connectivity index (χ0) is 20.6. The number of amides is 1. The minimum absolute atomic E-state index is 0. The van der Waals surface area contributed by atoms with Crippen molar-refractivity contribution in [3.8, 4) is 16.9 Å². The Bertz CT molecular complexity index is 833. The minimum Gasteiger partial charge on any atom is -0.497 e. The van der Waals surface area contributed by atoms with Crippen LogP contribution in [0.25, 0.3) is 11.1 Å². The van der Waals surface area contributed by atoms with Crippen LogP contribution < -0.4 is 15.8 Å². The zero-order valence-corrected chi connectivity index (χ0v) is 20.4. The first-order valence-electron chi connectivity index (χ1n) is 9.79. The number of hydrogen-bond acceptors (Lipinski definition) is 5. The first-order chi connectivity index (χ1) is 14.1. The van der Waals surface area contributed by atoms with E-state index in [0.717, 1.165) is 29.0 Å². The van der Waals surface area contributed by atoms with Crippen LogP contribution in [0, 0.1) is 0 Å². The number of nitrogens with one attached hydrogen (secondary N) is 1. The van der Waals surface area contributed by atoms with E-state index in [0.29, 0.717) is 32.2 Å². The van der Waals surface area contributed by atoms with E-state index in [1.165, 1.54) is 5.56 Å². The number of benzene rings is 1. The second-order valence-electron chi connectivity index (χ2n) is 6.84. The van der Waals surface area contributed by atoms with E-state index >= 15 is 0 Å². The normalized spacial score (nSPS) is 14.7. The molecule has 2 aromatic rings. The average molecular weight is 544 g/mol. The highest BCUT2D eigenvalue weighted by atomic mass is 127. The van der Waals surface area contributed by atoms with Gasteiger partial charge in [0.05, 0.1) is 20.3 Å². The molecule has 2 heterocycles. The lowest BCUT2D eigenvalue weighted by Gasteiger charge is -2.31. The molecule has 1 aliphatic rings. The van der Waals surface area contributed by atoms with Crippen LogP contribution in [-0.2, 0) is 11.3 Å². The number of guanidine groups is 1. The summed E-state index contributed by atoms with van der Waals surface area (Å²) in [6.45, 7) is 4.09. The molecule has 7 nitrogen and oxygen atoms in total. The van der Waals surface area contributed by atoms with E-state index in [-0.39, 0.29) is 36.1 Å². The van der Waals surface area contributed by atoms with Gasteiger partial charge in [0.25, 0.3) is 0 Å². The van der Waals surface area contributed by atoms with Gasteiger partial charge in [0.15, 0.2) is 5.96 Å². The molecule has 3 N–H and O–H groups in total. The molecule has 0 bridgehead atoms. The number of nitrogens with two attached hydrogens (primary N) is 1. The van der Waals surface area contributed by atoms with Crippen LogP contribution in [0.3, 0.4) is 0 Å². The van der Waals surface area contributed by atoms with Gasteiger partial charge in [0.1, 0.15) is 5.75 Å². The summed E-state index contributed by atoms with van der Waals surface area (Å²) in [6, 6.07) is 10.4. The van der Waals surface area contributed by atoms with Crippen molar-refractivity contribution in [1.29, 1.82) is 0 Å². The van der Waals surface area contributed by atoms with E-state index in [1.54, 1.807) is 23.3 Å². The highest BCUT2D eigenvalue weighted by molar-refractivity contribution is 14.0. The lowest BCUT2D eigenvalue weighted by atomic mass is 10.1. The second kappa shape index (κ2) is 12.0. The number of carbonyl (C=O) groups excluding carboxylic acids is 1. The van der Waals surface area contributed by atoms with Crippen molar-refractivity contribution in [1.82, 2.24) is 10.2 Å². The Hall–Kier alpha value is -2.01. The van der Waals surface area contributed by atoms with E-state index in [4.69, 9.17) is 15.2 Å². The van der Waals surface area contributed by atoms with Gasteiger partial charge in [-0.15, -0.1) is 35.3 Å². The minimum atomic E-state index is -0.238. The summed E-state index contributed by atoms with van der Waals surface area (Å²) in [5.74, 6) is 1.29. The monoisotopic (exact) mass is 544 g/mol. The molecule has 0 radical (unpaired) electrons. The van der Waals surface area contributed by atoms with Gasteiger partial charge >= 0.3 is 6.09 Å². The van der Waals surface area contributed by atoms with Gasteiger partial charge in [-0.1, -0.05) is 12.1 Å². The Morgan fingerprint density at radius 3 is 2.60 bits per heavy atom. The molecule has 3 rings (SSSR count). The van der Waals surface area contributed by atoms with Crippen LogP contribution in [0.1, 0.15) is 24.6 Å². The molecule has 30 heavy (non-hydrogen) atoms. The number of halogens is 1. The maximum absolute atomic E-state index is 11.8. The Balaban J connectivity index is 0.00000320. The Morgan fingerprint density at radius 2 is 1.97 bits per heavy atom. The smallest absolute Gasteiger partial charge is 0.409 e. The number of likely N-dealkylation sites (tertiary alicyclic amines) is 1. The third kappa shape index (κ3) is 6.76.